The van der Waals surface area contributed by atoms with Crippen molar-refractivity contribution in [1.82, 2.24) is 4.31 Å². The zero-order valence-corrected chi connectivity index (χ0v) is 12.0. The number of hydrogen-bond donors (Lipinski definition) is 1. The van der Waals surface area contributed by atoms with Gasteiger partial charge in [-0.2, -0.15) is 4.31 Å². The van der Waals surface area contributed by atoms with Gasteiger partial charge in [0.05, 0.1) is 4.90 Å². The smallest absolute Gasteiger partial charge is 0.341 e. The lowest BCUT2D eigenvalue weighted by Gasteiger charge is -2.33. The summed E-state index contributed by atoms with van der Waals surface area (Å²) in [6, 6.07) is 5.88. The van der Waals surface area contributed by atoms with Gasteiger partial charge in [0.25, 0.3) is 0 Å². The van der Waals surface area contributed by atoms with Gasteiger partial charge in [-0.15, -0.1) is 0 Å². The third kappa shape index (κ3) is 3.10. The van der Waals surface area contributed by atoms with E-state index in [1.807, 2.05) is 0 Å². The Balaban J connectivity index is 2.10. The minimum Gasteiger partial charge on any atom is -0.482 e. The number of hydrogen-bond acceptors (Lipinski definition) is 4. The summed E-state index contributed by atoms with van der Waals surface area (Å²) >= 11 is 0. The third-order valence-corrected chi connectivity index (χ3v) is 5.38. The van der Waals surface area contributed by atoms with Gasteiger partial charge in [-0.25, -0.2) is 13.2 Å². The van der Waals surface area contributed by atoms with Crippen molar-refractivity contribution in [1.29, 1.82) is 0 Å². The maximum Gasteiger partial charge on any atom is 0.341 e. The molecule has 2 rings (SSSR count). The summed E-state index contributed by atoms with van der Waals surface area (Å²) in [5.41, 5.74) is 0. The highest BCUT2D eigenvalue weighted by atomic mass is 32.2. The van der Waals surface area contributed by atoms with Crippen LogP contribution in [0.25, 0.3) is 0 Å². The highest BCUT2D eigenvalue weighted by Gasteiger charge is 2.31. The van der Waals surface area contributed by atoms with Crippen molar-refractivity contribution in [2.75, 3.05) is 13.7 Å². The summed E-state index contributed by atoms with van der Waals surface area (Å²) < 4.78 is 31.0. The number of rotatable bonds is 6. The maximum absolute atomic E-state index is 12.3. The Morgan fingerprint density at radius 2 is 1.95 bits per heavy atom. The number of aliphatic carboxylic acids is 1. The zero-order valence-electron chi connectivity index (χ0n) is 11.2. The Labute approximate surface area is 118 Å². The van der Waals surface area contributed by atoms with E-state index < -0.39 is 22.6 Å². The number of carboxylic acid groups (broad SMARTS) is 1. The number of nitrogens with zero attached hydrogens (tertiary/aromatic N) is 1. The van der Waals surface area contributed by atoms with Crippen LogP contribution in [0.3, 0.4) is 0 Å². The van der Waals surface area contributed by atoms with Crippen LogP contribution < -0.4 is 4.74 Å². The molecule has 1 fully saturated rings. The molecule has 20 heavy (non-hydrogen) atoms. The van der Waals surface area contributed by atoms with E-state index in [-0.39, 0.29) is 10.9 Å². The molecule has 0 amide bonds. The number of benzene rings is 1. The van der Waals surface area contributed by atoms with Gasteiger partial charge in [-0.1, -0.05) is 6.42 Å². The van der Waals surface area contributed by atoms with Gasteiger partial charge in [-0.3, -0.25) is 0 Å². The van der Waals surface area contributed by atoms with E-state index in [1.54, 1.807) is 7.05 Å². The van der Waals surface area contributed by atoms with Crippen molar-refractivity contribution in [3.63, 3.8) is 0 Å². The van der Waals surface area contributed by atoms with Crippen LogP contribution in [0.15, 0.2) is 29.2 Å². The molecule has 0 atom stereocenters. The molecule has 0 spiro atoms. The first-order valence-electron chi connectivity index (χ1n) is 6.34. The summed E-state index contributed by atoms with van der Waals surface area (Å²) in [5.74, 6) is -0.746. The standard InChI is InChI=1S/C13H17NO5S/c1-14(10-3-2-4-10)20(17,18)12-7-5-11(6-8-12)19-9-13(15)16/h5-8,10H,2-4,9H2,1H3,(H,15,16). The zero-order chi connectivity index (χ0) is 14.8. The third-order valence-electron chi connectivity index (χ3n) is 3.45. The van der Waals surface area contributed by atoms with Crippen molar-refractivity contribution in [2.45, 2.75) is 30.2 Å². The van der Waals surface area contributed by atoms with E-state index in [9.17, 15) is 13.2 Å². The van der Waals surface area contributed by atoms with Gasteiger partial charge < -0.3 is 9.84 Å². The summed E-state index contributed by atoms with van der Waals surface area (Å²) in [6.45, 7) is -0.450. The van der Waals surface area contributed by atoms with Gasteiger partial charge in [-0.05, 0) is 37.1 Å². The van der Waals surface area contributed by atoms with E-state index in [0.29, 0.717) is 5.75 Å². The van der Waals surface area contributed by atoms with Crippen LogP contribution in [0.2, 0.25) is 0 Å². The van der Waals surface area contributed by atoms with Crippen molar-refractivity contribution in [2.24, 2.45) is 0 Å². The molecule has 1 aromatic rings. The molecule has 0 heterocycles. The number of ether oxygens (including phenoxy) is 1. The Morgan fingerprint density at radius 1 is 1.35 bits per heavy atom. The Morgan fingerprint density at radius 3 is 2.40 bits per heavy atom. The van der Waals surface area contributed by atoms with E-state index in [0.717, 1.165) is 19.3 Å². The molecule has 1 saturated carbocycles. The summed E-state index contributed by atoms with van der Waals surface area (Å²) in [6.07, 6.45) is 2.86. The minimum atomic E-state index is -3.49. The summed E-state index contributed by atoms with van der Waals surface area (Å²) in [5, 5.41) is 8.50. The molecule has 0 aliphatic heterocycles. The molecule has 0 radical (unpaired) electrons. The molecule has 0 saturated heterocycles. The first-order chi connectivity index (χ1) is 9.41. The Bertz CT molecular complexity index is 577. The van der Waals surface area contributed by atoms with E-state index in [1.165, 1.54) is 28.6 Å². The SMILES string of the molecule is CN(C1CCC1)S(=O)(=O)c1ccc(OCC(=O)O)cc1. The van der Waals surface area contributed by atoms with E-state index >= 15 is 0 Å². The second-order valence-corrected chi connectivity index (χ2v) is 6.76. The molecule has 7 heteroatoms. The summed E-state index contributed by atoms with van der Waals surface area (Å²) in [4.78, 5) is 10.6. The van der Waals surface area contributed by atoms with Crippen LogP contribution in [0.1, 0.15) is 19.3 Å². The molecule has 0 unspecified atom stereocenters. The van der Waals surface area contributed by atoms with Crippen LogP contribution in [-0.2, 0) is 14.8 Å². The average molecular weight is 299 g/mol. The fraction of sp³-hybridized carbons (Fsp3) is 0.462. The molecular weight excluding hydrogens is 282 g/mol. The molecule has 0 aromatic heterocycles. The molecule has 1 aromatic carbocycles. The largest absolute Gasteiger partial charge is 0.482 e. The minimum absolute atomic E-state index is 0.0861. The van der Waals surface area contributed by atoms with Crippen molar-refractivity contribution >= 4 is 16.0 Å². The number of carbonyl (C=O) groups is 1. The Kier molecular flexibility index (Phi) is 4.29. The predicted molar refractivity (Wildman–Crippen MR) is 72.2 cm³/mol. The number of carboxylic acids is 1. The van der Waals surface area contributed by atoms with E-state index in [4.69, 9.17) is 9.84 Å². The van der Waals surface area contributed by atoms with Crippen LogP contribution in [0.5, 0.6) is 5.75 Å². The van der Waals surface area contributed by atoms with Crippen LogP contribution in [-0.4, -0.2) is 43.5 Å². The fourth-order valence-corrected chi connectivity index (χ4v) is 3.38. The lowest BCUT2D eigenvalue weighted by molar-refractivity contribution is -0.139. The van der Waals surface area contributed by atoms with Crippen LogP contribution >= 0.6 is 0 Å². The van der Waals surface area contributed by atoms with E-state index in [2.05, 4.69) is 0 Å². The second-order valence-electron chi connectivity index (χ2n) is 4.76. The van der Waals surface area contributed by atoms with Crippen molar-refractivity contribution in [3.8, 4) is 5.75 Å². The molecule has 0 bridgehead atoms. The quantitative estimate of drug-likeness (QED) is 0.856. The topological polar surface area (TPSA) is 83.9 Å². The van der Waals surface area contributed by atoms with Crippen LogP contribution in [0, 0.1) is 0 Å². The fourth-order valence-electron chi connectivity index (χ4n) is 1.97. The van der Waals surface area contributed by atoms with Gasteiger partial charge in [0.1, 0.15) is 5.75 Å². The molecule has 110 valence electrons. The first kappa shape index (κ1) is 14.8. The van der Waals surface area contributed by atoms with Crippen LogP contribution in [0.4, 0.5) is 0 Å². The highest BCUT2D eigenvalue weighted by Crippen LogP contribution is 2.28. The van der Waals surface area contributed by atoms with Gasteiger partial charge in [0, 0.05) is 13.1 Å². The lowest BCUT2D eigenvalue weighted by atomic mass is 9.94. The normalized spacial score (nSPS) is 15.9. The number of sulfonamides is 1. The second kappa shape index (κ2) is 5.80. The highest BCUT2D eigenvalue weighted by molar-refractivity contribution is 7.89. The molecule has 6 nitrogen and oxygen atoms in total. The van der Waals surface area contributed by atoms with Gasteiger partial charge in [0.15, 0.2) is 6.61 Å². The van der Waals surface area contributed by atoms with Crippen molar-refractivity contribution < 1.29 is 23.1 Å². The molecular formula is C13H17NO5S. The molecule has 1 aliphatic carbocycles. The maximum atomic E-state index is 12.3. The Hall–Kier alpha value is -1.60. The predicted octanol–water partition coefficient (Wildman–Crippen LogP) is 1.32. The molecule has 1 N–H and O–H groups in total. The van der Waals surface area contributed by atoms with Gasteiger partial charge >= 0.3 is 5.97 Å². The van der Waals surface area contributed by atoms with Gasteiger partial charge in [0.2, 0.25) is 10.0 Å². The lowest BCUT2D eigenvalue weighted by Crippen LogP contribution is -2.41. The average Bonchev–Trinajstić information content (AvgIpc) is 2.34. The van der Waals surface area contributed by atoms with Crippen molar-refractivity contribution in [3.05, 3.63) is 24.3 Å². The monoisotopic (exact) mass is 299 g/mol. The summed E-state index contributed by atoms with van der Waals surface area (Å²) in [7, 11) is -1.89. The molecule has 1 aliphatic rings. The first-order valence-corrected chi connectivity index (χ1v) is 7.78.